The van der Waals surface area contributed by atoms with Crippen LogP contribution in [0.2, 0.25) is 0 Å². The Hall–Kier alpha value is -2.29. The first kappa shape index (κ1) is 18.1. The van der Waals surface area contributed by atoms with Crippen molar-refractivity contribution in [2.24, 2.45) is 0 Å². The molecule has 1 N–H and O–H groups in total. The molecule has 0 aliphatic rings. The Balaban J connectivity index is 2.24. The summed E-state index contributed by atoms with van der Waals surface area (Å²) in [5.41, 5.74) is 0.109. The summed E-state index contributed by atoms with van der Waals surface area (Å²) in [6, 6.07) is 8.82. The van der Waals surface area contributed by atoms with Crippen molar-refractivity contribution in [3.8, 4) is 0 Å². The Labute approximate surface area is 143 Å². The van der Waals surface area contributed by atoms with Crippen LogP contribution < -0.4 is 10.2 Å². The number of para-hydroxylation sites is 1. The number of rotatable bonds is 4. The van der Waals surface area contributed by atoms with Crippen LogP contribution in [0.15, 0.2) is 45.5 Å². The number of amides is 2. The minimum Gasteiger partial charge on any atom is -0.444 e. The summed E-state index contributed by atoms with van der Waals surface area (Å²) in [6.07, 6.45) is -4.52. The maximum atomic E-state index is 12.4. The molecule has 2 aromatic rings. The number of benzene rings is 1. The van der Waals surface area contributed by atoms with Crippen molar-refractivity contribution in [1.29, 1.82) is 0 Å². The molecule has 0 saturated carbocycles. The molecule has 0 radical (unpaired) electrons. The van der Waals surface area contributed by atoms with E-state index in [1.165, 1.54) is 37.4 Å². The van der Waals surface area contributed by atoms with Crippen LogP contribution in [-0.2, 0) is 0 Å². The molecule has 5 nitrogen and oxygen atoms in total. The normalized spacial score (nSPS) is 11.2. The van der Waals surface area contributed by atoms with Crippen molar-refractivity contribution >= 4 is 33.4 Å². The van der Waals surface area contributed by atoms with Crippen molar-refractivity contribution in [1.82, 2.24) is 5.32 Å². The zero-order chi connectivity index (χ0) is 17.9. The van der Waals surface area contributed by atoms with E-state index in [1.54, 1.807) is 11.4 Å². The Kier molecular flexibility index (Phi) is 5.33. The molecule has 0 fully saturated rings. The number of carbonyl (C=O) groups is 2. The van der Waals surface area contributed by atoms with E-state index in [0.717, 1.165) is 4.90 Å². The first-order chi connectivity index (χ1) is 11.2. The minimum atomic E-state index is -4.52. The molecule has 24 heavy (non-hydrogen) atoms. The van der Waals surface area contributed by atoms with Crippen LogP contribution >= 0.6 is 15.9 Å². The average Bonchev–Trinajstić information content (AvgIpc) is 2.97. The highest BCUT2D eigenvalue weighted by molar-refractivity contribution is 9.10. The predicted octanol–water partition coefficient (Wildman–Crippen LogP) is 3.61. The summed E-state index contributed by atoms with van der Waals surface area (Å²) < 4.78 is 42.3. The summed E-state index contributed by atoms with van der Waals surface area (Å²) in [7, 11) is 1.40. The van der Waals surface area contributed by atoms with Crippen LogP contribution in [0.25, 0.3) is 0 Å². The van der Waals surface area contributed by atoms with E-state index in [0.29, 0.717) is 4.67 Å². The predicted molar refractivity (Wildman–Crippen MR) is 84.0 cm³/mol. The van der Waals surface area contributed by atoms with Gasteiger partial charge in [0.1, 0.15) is 6.54 Å². The third-order valence-electron chi connectivity index (χ3n) is 3.05. The first-order valence-electron chi connectivity index (χ1n) is 6.66. The maximum absolute atomic E-state index is 12.4. The molecule has 1 aromatic carbocycles. The van der Waals surface area contributed by atoms with Gasteiger partial charge in [-0.3, -0.25) is 9.59 Å². The van der Waals surface area contributed by atoms with Gasteiger partial charge in [0.05, 0.1) is 11.3 Å². The SMILES string of the molecule is CN(C(=O)c1ccc(Br)o1)c1ccccc1C(=O)NCC(F)(F)F. The average molecular weight is 405 g/mol. The third kappa shape index (κ3) is 4.38. The number of carbonyl (C=O) groups excluding carboxylic acids is 2. The fourth-order valence-corrected chi connectivity index (χ4v) is 2.24. The second-order valence-electron chi connectivity index (χ2n) is 4.78. The fraction of sp³-hybridized carbons (Fsp3) is 0.200. The number of alkyl halides is 3. The van der Waals surface area contributed by atoms with Crippen molar-refractivity contribution in [3.63, 3.8) is 0 Å². The third-order valence-corrected chi connectivity index (χ3v) is 3.47. The first-order valence-corrected chi connectivity index (χ1v) is 7.45. The smallest absolute Gasteiger partial charge is 0.405 e. The van der Waals surface area contributed by atoms with Crippen LogP contribution in [-0.4, -0.2) is 31.6 Å². The van der Waals surface area contributed by atoms with E-state index in [1.807, 2.05) is 0 Å². The molecule has 0 atom stereocenters. The van der Waals surface area contributed by atoms with Crippen LogP contribution in [0.4, 0.5) is 18.9 Å². The van der Waals surface area contributed by atoms with E-state index < -0.39 is 24.5 Å². The standard InChI is InChI=1S/C15H12BrF3N2O3/c1-21(14(23)11-6-7-12(16)24-11)10-5-3-2-4-9(10)13(22)20-8-15(17,18)19/h2-7H,8H2,1H3,(H,20,22). The summed E-state index contributed by atoms with van der Waals surface area (Å²) in [5.74, 6) is -1.45. The van der Waals surface area contributed by atoms with Crippen molar-refractivity contribution in [2.75, 3.05) is 18.5 Å². The Morgan fingerprint density at radius 3 is 2.46 bits per heavy atom. The van der Waals surface area contributed by atoms with Gasteiger partial charge in [-0.2, -0.15) is 13.2 Å². The number of nitrogens with zero attached hydrogens (tertiary/aromatic N) is 1. The quantitative estimate of drug-likeness (QED) is 0.846. The lowest BCUT2D eigenvalue weighted by atomic mass is 10.1. The van der Waals surface area contributed by atoms with Crippen molar-refractivity contribution < 1.29 is 27.2 Å². The molecule has 1 heterocycles. The van der Waals surface area contributed by atoms with Gasteiger partial charge >= 0.3 is 6.18 Å². The van der Waals surface area contributed by atoms with E-state index in [9.17, 15) is 22.8 Å². The number of halogens is 4. The molecule has 0 unspecified atom stereocenters. The largest absolute Gasteiger partial charge is 0.444 e. The van der Waals surface area contributed by atoms with Gasteiger partial charge in [-0.1, -0.05) is 12.1 Å². The number of hydrogen-bond acceptors (Lipinski definition) is 3. The fourth-order valence-electron chi connectivity index (χ4n) is 1.94. The number of hydrogen-bond donors (Lipinski definition) is 1. The van der Waals surface area contributed by atoms with Gasteiger partial charge < -0.3 is 14.6 Å². The topological polar surface area (TPSA) is 62.6 Å². The van der Waals surface area contributed by atoms with Crippen molar-refractivity contribution in [3.05, 3.63) is 52.4 Å². The van der Waals surface area contributed by atoms with Crippen LogP contribution in [0, 0.1) is 0 Å². The van der Waals surface area contributed by atoms with E-state index >= 15 is 0 Å². The molecule has 128 valence electrons. The van der Waals surface area contributed by atoms with Crippen LogP contribution in [0.3, 0.4) is 0 Å². The molecule has 0 aliphatic heterocycles. The highest BCUT2D eigenvalue weighted by atomic mass is 79.9. The van der Waals surface area contributed by atoms with Gasteiger partial charge in [-0.25, -0.2) is 0 Å². The molecule has 0 aliphatic carbocycles. The molecule has 2 amide bonds. The van der Waals surface area contributed by atoms with Gasteiger partial charge in [-0.05, 0) is 40.2 Å². The van der Waals surface area contributed by atoms with Gasteiger partial charge in [0, 0.05) is 7.05 Å². The minimum absolute atomic E-state index is 0.0230. The molecule has 0 saturated heterocycles. The van der Waals surface area contributed by atoms with Gasteiger partial charge in [0.2, 0.25) is 0 Å². The van der Waals surface area contributed by atoms with Crippen LogP contribution in [0.5, 0.6) is 0 Å². The Morgan fingerprint density at radius 1 is 1.21 bits per heavy atom. The molecule has 0 spiro atoms. The molecular weight excluding hydrogens is 393 g/mol. The Bertz CT molecular complexity index is 758. The lowest BCUT2D eigenvalue weighted by molar-refractivity contribution is -0.123. The summed E-state index contributed by atoms with van der Waals surface area (Å²) in [5, 5.41) is 1.78. The monoisotopic (exact) mass is 404 g/mol. The second-order valence-corrected chi connectivity index (χ2v) is 5.56. The lowest BCUT2D eigenvalue weighted by Gasteiger charge is -2.19. The van der Waals surface area contributed by atoms with Gasteiger partial charge in [-0.15, -0.1) is 0 Å². The Morgan fingerprint density at radius 2 is 1.88 bits per heavy atom. The second kappa shape index (κ2) is 7.08. The highest BCUT2D eigenvalue weighted by Gasteiger charge is 2.29. The van der Waals surface area contributed by atoms with Gasteiger partial charge in [0.15, 0.2) is 10.4 Å². The number of anilines is 1. The van der Waals surface area contributed by atoms with E-state index in [-0.39, 0.29) is 17.0 Å². The summed E-state index contributed by atoms with van der Waals surface area (Å²) in [6.45, 7) is -1.46. The van der Waals surface area contributed by atoms with Crippen LogP contribution in [0.1, 0.15) is 20.9 Å². The van der Waals surface area contributed by atoms with Crippen molar-refractivity contribution in [2.45, 2.75) is 6.18 Å². The lowest BCUT2D eigenvalue weighted by Crippen LogP contribution is -2.35. The highest BCUT2D eigenvalue weighted by Crippen LogP contribution is 2.23. The number of nitrogens with one attached hydrogen (secondary N) is 1. The summed E-state index contributed by atoms with van der Waals surface area (Å²) in [4.78, 5) is 25.5. The molecule has 9 heteroatoms. The summed E-state index contributed by atoms with van der Waals surface area (Å²) >= 11 is 3.07. The molecular formula is C15H12BrF3N2O3. The molecule has 2 rings (SSSR count). The van der Waals surface area contributed by atoms with E-state index in [4.69, 9.17) is 4.42 Å². The number of furan rings is 1. The maximum Gasteiger partial charge on any atom is 0.405 e. The zero-order valence-corrected chi connectivity index (χ0v) is 13.9. The van der Waals surface area contributed by atoms with E-state index in [2.05, 4.69) is 15.9 Å². The zero-order valence-electron chi connectivity index (χ0n) is 12.4. The van der Waals surface area contributed by atoms with Gasteiger partial charge in [0.25, 0.3) is 11.8 Å². The molecule has 0 bridgehead atoms. The molecule has 1 aromatic heterocycles.